The lowest BCUT2D eigenvalue weighted by Gasteiger charge is -2.37. The molecule has 4 rings (SSSR count). The average molecular weight is 356 g/mol. The van der Waals surface area contributed by atoms with Crippen LogP contribution in [0.5, 0.6) is 10.9 Å². The second-order valence-corrected chi connectivity index (χ2v) is 6.61. The molecular formula is C18H16N2O4S. The van der Waals surface area contributed by atoms with Gasteiger partial charge in [0.2, 0.25) is 5.91 Å². The first-order valence-corrected chi connectivity index (χ1v) is 8.65. The van der Waals surface area contributed by atoms with Gasteiger partial charge in [-0.2, -0.15) is 4.98 Å². The third-order valence-corrected chi connectivity index (χ3v) is 4.85. The second kappa shape index (κ2) is 6.60. The zero-order valence-corrected chi connectivity index (χ0v) is 14.4. The molecule has 1 aliphatic rings. The molecule has 0 bridgehead atoms. The van der Waals surface area contributed by atoms with Gasteiger partial charge in [-0.05, 0) is 30.3 Å². The van der Waals surface area contributed by atoms with E-state index in [4.69, 9.17) is 13.9 Å². The number of furan rings is 1. The molecule has 0 aliphatic carbocycles. The van der Waals surface area contributed by atoms with Crippen LogP contribution < -0.4 is 9.47 Å². The molecule has 3 heterocycles. The predicted octanol–water partition coefficient (Wildman–Crippen LogP) is 3.20. The molecule has 0 unspecified atom stereocenters. The minimum Gasteiger partial charge on any atom is -0.494 e. The molecule has 0 radical (unpaired) electrons. The van der Waals surface area contributed by atoms with Crippen LogP contribution in [0.4, 0.5) is 0 Å². The number of hydrogen-bond acceptors (Lipinski definition) is 6. The third-order valence-electron chi connectivity index (χ3n) is 3.94. The average Bonchev–Trinajstić information content (AvgIpc) is 3.24. The van der Waals surface area contributed by atoms with Gasteiger partial charge in [-0.25, -0.2) is 0 Å². The van der Waals surface area contributed by atoms with Crippen molar-refractivity contribution in [2.75, 3.05) is 20.2 Å². The van der Waals surface area contributed by atoms with Crippen LogP contribution in [-0.2, 0) is 4.79 Å². The van der Waals surface area contributed by atoms with E-state index in [1.54, 1.807) is 36.5 Å². The van der Waals surface area contributed by atoms with Crippen molar-refractivity contribution < 1.29 is 18.7 Å². The summed E-state index contributed by atoms with van der Waals surface area (Å²) >= 11 is 1.48. The summed E-state index contributed by atoms with van der Waals surface area (Å²) in [7, 11) is 1.63. The van der Waals surface area contributed by atoms with Gasteiger partial charge in [-0.1, -0.05) is 17.4 Å². The van der Waals surface area contributed by atoms with E-state index in [1.807, 2.05) is 18.2 Å². The Hall–Kier alpha value is -2.80. The molecule has 1 aliphatic heterocycles. The number of carbonyl (C=O) groups is 1. The Labute approximate surface area is 148 Å². The number of ether oxygens (including phenoxy) is 2. The number of methoxy groups -OCH3 is 1. The topological polar surface area (TPSA) is 64.8 Å². The number of fused-ring (bicyclic) bond motifs is 1. The molecule has 3 aromatic rings. The summed E-state index contributed by atoms with van der Waals surface area (Å²) in [5.41, 5.74) is 0.804. The van der Waals surface area contributed by atoms with Crippen molar-refractivity contribution >= 4 is 33.5 Å². The predicted molar refractivity (Wildman–Crippen MR) is 94.9 cm³/mol. The van der Waals surface area contributed by atoms with E-state index in [0.717, 1.165) is 16.0 Å². The van der Waals surface area contributed by atoms with Crippen molar-refractivity contribution in [1.29, 1.82) is 0 Å². The quantitative estimate of drug-likeness (QED) is 0.657. The maximum absolute atomic E-state index is 12.1. The molecule has 1 aromatic carbocycles. The van der Waals surface area contributed by atoms with Gasteiger partial charge in [-0.3, -0.25) is 4.79 Å². The maximum Gasteiger partial charge on any atom is 0.274 e. The van der Waals surface area contributed by atoms with Crippen LogP contribution in [0.1, 0.15) is 5.76 Å². The van der Waals surface area contributed by atoms with Crippen molar-refractivity contribution in [3.8, 4) is 10.9 Å². The number of aromatic nitrogens is 1. The zero-order chi connectivity index (χ0) is 17.2. The highest BCUT2D eigenvalue weighted by molar-refractivity contribution is 7.20. The molecule has 1 saturated heterocycles. The lowest BCUT2D eigenvalue weighted by Crippen LogP contribution is -2.55. The monoisotopic (exact) mass is 356 g/mol. The SMILES string of the molecule is COc1cccc2sc(OC3CN(C(=O)/C=C/c4ccco4)C3)nc12. The van der Waals surface area contributed by atoms with Crippen LogP contribution in [0.3, 0.4) is 0 Å². The van der Waals surface area contributed by atoms with Gasteiger partial charge >= 0.3 is 0 Å². The van der Waals surface area contributed by atoms with E-state index in [1.165, 1.54) is 17.4 Å². The maximum atomic E-state index is 12.1. The van der Waals surface area contributed by atoms with Gasteiger partial charge in [0.05, 0.1) is 31.2 Å². The van der Waals surface area contributed by atoms with E-state index in [-0.39, 0.29) is 12.0 Å². The Morgan fingerprint density at radius 2 is 2.24 bits per heavy atom. The van der Waals surface area contributed by atoms with Gasteiger partial charge < -0.3 is 18.8 Å². The van der Waals surface area contributed by atoms with E-state index < -0.39 is 0 Å². The van der Waals surface area contributed by atoms with Gasteiger partial charge in [0.25, 0.3) is 5.19 Å². The molecule has 6 nitrogen and oxygen atoms in total. The van der Waals surface area contributed by atoms with Crippen LogP contribution in [0.2, 0.25) is 0 Å². The van der Waals surface area contributed by atoms with Crippen molar-refractivity contribution in [2.45, 2.75) is 6.10 Å². The molecule has 25 heavy (non-hydrogen) atoms. The standard InChI is InChI=1S/C18H16N2O4S/c1-22-14-5-2-6-15-17(14)19-18(25-15)24-13-10-20(11-13)16(21)8-7-12-4-3-9-23-12/h2-9,13H,10-11H2,1H3/b8-7+. The van der Waals surface area contributed by atoms with Crippen LogP contribution in [0.15, 0.2) is 47.1 Å². The number of hydrogen-bond donors (Lipinski definition) is 0. The fraction of sp³-hybridized carbons (Fsp3) is 0.222. The van der Waals surface area contributed by atoms with Gasteiger partial charge in [0.15, 0.2) is 0 Å². The van der Waals surface area contributed by atoms with Gasteiger partial charge in [0.1, 0.15) is 23.1 Å². The smallest absolute Gasteiger partial charge is 0.274 e. The van der Waals surface area contributed by atoms with E-state index in [2.05, 4.69) is 4.98 Å². The Morgan fingerprint density at radius 1 is 1.36 bits per heavy atom. The first kappa shape index (κ1) is 15.7. The summed E-state index contributed by atoms with van der Waals surface area (Å²) in [5, 5.41) is 0.600. The van der Waals surface area contributed by atoms with Crippen molar-refractivity contribution in [1.82, 2.24) is 9.88 Å². The number of likely N-dealkylation sites (tertiary alicyclic amines) is 1. The zero-order valence-electron chi connectivity index (χ0n) is 13.5. The molecule has 128 valence electrons. The highest BCUT2D eigenvalue weighted by atomic mass is 32.1. The van der Waals surface area contributed by atoms with E-state index >= 15 is 0 Å². The molecule has 0 saturated carbocycles. The summed E-state index contributed by atoms with van der Waals surface area (Å²) in [6.45, 7) is 1.10. The molecule has 2 aromatic heterocycles. The van der Waals surface area contributed by atoms with Crippen LogP contribution >= 0.6 is 11.3 Å². The lowest BCUT2D eigenvalue weighted by atomic mass is 10.1. The summed E-state index contributed by atoms with van der Waals surface area (Å²) in [6.07, 6.45) is 4.71. The number of thiazole rings is 1. The fourth-order valence-corrected chi connectivity index (χ4v) is 3.50. The third kappa shape index (κ3) is 3.23. The molecule has 1 fully saturated rings. The Morgan fingerprint density at radius 3 is 3.00 bits per heavy atom. The normalized spacial score (nSPS) is 14.8. The fourth-order valence-electron chi connectivity index (χ4n) is 2.60. The summed E-state index contributed by atoms with van der Waals surface area (Å²) in [4.78, 5) is 18.3. The highest BCUT2D eigenvalue weighted by Crippen LogP contribution is 2.34. The van der Waals surface area contributed by atoms with Crippen LogP contribution in [0.25, 0.3) is 16.3 Å². The molecule has 0 atom stereocenters. The number of amides is 1. The van der Waals surface area contributed by atoms with E-state index in [9.17, 15) is 4.79 Å². The first-order valence-electron chi connectivity index (χ1n) is 7.83. The summed E-state index contributed by atoms with van der Waals surface area (Å²) in [5.74, 6) is 1.34. The number of rotatable bonds is 5. The summed E-state index contributed by atoms with van der Waals surface area (Å²) in [6, 6.07) is 9.37. The molecular weight excluding hydrogens is 340 g/mol. The number of benzene rings is 1. The van der Waals surface area contributed by atoms with E-state index in [0.29, 0.717) is 24.0 Å². The number of carbonyl (C=O) groups excluding carboxylic acids is 1. The Kier molecular flexibility index (Phi) is 4.15. The lowest BCUT2D eigenvalue weighted by molar-refractivity contribution is -0.134. The number of para-hydroxylation sites is 1. The summed E-state index contributed by atoms with van der Waals surface area (Å²) < 4.78 is 17.4. The van der Waals surface area contributed by atoms with Crippen molar-refractivity contribution in [3.63, 3.8) is 0 Å². The van der Waals surface area contributed by atoms with Gasteiger partial charge in [-0.15, -0.1) is 0 Å². The minimum atomic E-state index is -0.0535. The molecule has 0 N–H and O–H groups in total. The molecule has 7 heteroatoms. The number of nitrogens with zero attached hydrogens (tertiary/aromatic N) is 2. The first-order chi connectivity index (χ1) is 12.2. The van der Waals surface area contributed by atoms with Crippen molar-refractivity contribution in [2.24, 2.45) is 0 Å². The Balaban J connectivity index is 1.34. The largest absolute Gasteiger partial charge is 0.494 e. The van der Waals surface area contributed by atoms with Gasteiger partial charge in [0, 0.05) is 6.08 Å². The molecule has 1 amide bonds. The Bertz CT molecular complexity index is 910. The van der Waals surface area contributed by atoms with Crippen molar-refractivity contribution in [3.05, 3.63) is 48.4 Å². The minimum absolute atomic E-state index is 0.0347. The molecule has 0 spiro atoms. The van der Waals surface area contributed by atoms with Crippen LogP contribution in [0, 0.1) is 0 Å². The highest BCUT2D eigenvalue weighted by Gasteiger charge is 2.32. The second-order valence-electron chi connectivity index (χ2n) is 5.62. The van der Waals surface area contributed by atoms with Crippen LogP contribution in [-0.4, -0.2) is 42.1 Å².